The summed E-state index contributed by atoms with van der Waals surface area (Å²) >= 11 is 1.30. The summed E-state index contributed by atoms with van der Waals surface area (Å²) in [5.74, 6) is -0.309. The number of imidazole rings is 1. The Morgan fingerprint density at radius 2 is 1.93 bits per heavy atom. The fourth-order valence-electron chi connectivity index (χ4n) is 2.64. The zero-order chi connectivity index (χ0) is 19.7. The van der Waals surface area contributed by atoms with Gasteiger partial charge < -0.3 is 5.32 Å². The van der Waals surface area contributed by atoms with Crippen LogP contribution in [0.1, 0.15) is 21.6 Å². The van der Waals surface area contributed by atoms with E-state index in [0.717, 1.165) is 22.6 Å². The van der Waals surface area contributed by atoms with Crippen LogP contribution in [0.5, 0.6) is 0 Å². The number of amides is 1. The number of carbonyl (C=O) groups excluding carboxylic acids is 1. The number of thiazole rings is 1. The van der Waals surface area contributed by atoms with Crippen molar-refractivity contribution < 1.29 is 18.0 Å². The predicted octanol–water partition coefficient (Wildman–Crippen LogP) is 4.41. The highest BCUT2D eigenvalue weighted by atomic mass is 32.1. The topological polar surface area (TPSA) is 59.3 Å². The van der Waals surface area contributed by atoms with Crippen LogP contribution in [0.25, 0.3) is 15.4 Å². The quantitative estimate of drug-likeness (QED) is 0.550. The highest BCUT2D eigenvalue weighted by molar-refractivity contribution is 7.20. The van der Waals surface area contributed by atoms with Gasteiger partial charge in [-0.2, -0.15) is 13.2 Å². The summed E-state index contributed by atoms with van der Waals surface area (Å²) in [5.41, 5.74) is 1.12. The van der Waals surface area contributed by atoms with E-state index in [-0.39, 0.29) is 11.6 Å². The lowest BCUT2D eigenvalue weighted by atomic mass is 10.1. The molecule has 3 aromatic heterocycles. The Hall–Kier alpha value is -3.20. The number of fused-ring (bicyclic) bond motifs is 1. The number of nitrogens with zero attached hydrogens (tertiary/aromatic N) is 3. The number of pyridine rings is 1. The van der Waals surface area contributed by atoms with Crippen LogP contribution >= 0.6 is 11.3 Å². The summed E-state index contributed by atoms with van der Waals surface area (Å²) in [4.78, 5) is 21.9. The molecule has 0 fully saturated rings. The Labute approximate surface area is 161 Å². The molecule has 0 unspecified atom stereocenters. The highest BCUT2D eigenvalue weighted by Gasteiger charge is 2.30. The van der Waals surface area contributed by atoms with Gasteiger partial charge in [0, 0.05) is 31.3 Å². The monoisotopic (exact) mass is 402 g/mol. The van der Waals surface area contributed by atoms with Gasteiger partial charge in [0.25, 0.3) is 5.91 Å². The molecule has 1 N–H and O–H groups in total. The van der Waals surface area contributed by atoms with Gasteiger partial charge in [-0.1, -0.05) is 29.5 Å². The zero-order valence-corrected chi connectivity index (χ0v) is 15.1. The normalized spacial score (nSPS) is 11.7. The van der Waals surface area contributed by atoms with Crippen LogP contribution in [0, 0.1) is 0 Å². The molecule has 4 aromatic rings. The number of alkyl halides is 3. The maximum atomic E-state index is 12.7. The maximum Gasteiger partial charge on any atom is 0.416 e. The van der Waals surface area contributed by atoms with E-state index < -0.39 is 11.7 Å². The molecule has 1 amide bonds. The first-order valence-corrected chi connectivity index (χ1v) is 9.05. The van der Waals surface area contributed by atoms with Gasteiger partial charge in [0.1, 0.15) is 5.69 Å². The van der Waals surface area contributed by atoms with Gasteiger partial charge in [-0.15, -0.1) is 0 Å². The molecule has 0 bridgehead atoms. The van der Waals surface area contributed by atoms with Crippen molar-refractivity contribution in [1.82, 2.24) is 19.7 Å². The molecule has 0 aliphatic carbocycles. The smallest absolute Gasteiger partial charge is 0.347 e. The first kappa shape index (κ1) is 18.2. The lowest BCUT2D eigenvalue weighted by Crippen LogP contribution is -2.23. The second-order valence-corrected chi connectivity index (χ2v) is 7.04. The van der Waals surface area contributed by atoms with Crippen molar-refractivity contribution in [2.75, 3.05) is 0 Å². The Bertz CT molecular complexity index is 1090. The summed E-state index contributed by atoms with van der Waals surface area (Å²) in [6.07, 6.45) is 2.30. The molecule has 142 valence electrons. The third-order valence-corrected chi connectivity index (χ3v) is 5.11. The van der Waals surface area contributed by atoms with Crippen molar-refractivity contribution in [3.63, 3.8) is 0 Å². The van der Waals surface area contributed by atoms with Gasteiger partial charge >= 0.3 is 6.18 Å². The number of halogens is 3. The minimum absolute atomic E-state index is 0.272. The average molecular weight is 402 g/mol. The Kier molecular flexibility index (Phi) is 4.60. The number of nitrogens with one attached hydrogen (secondary N) is 1. The van der Waals surface area contributed by atoms with Crippen LogP contribution in [-0.2, 0) is 12.7 Å². The molecule has 28 heavy (non-hydrogen) atoms. The van der Waals surface area contributed by atoms with E-state index in [4.69, 9.17) is 0 Å². The molecular weight excluding hydrogens is 389 g/mol. The first-order chi connectivity index (χ1) is 13.4. The number of carbonyl (C=O) groups is 1. The van der Waals surface area contributed by atoms with Gasteiger partial charge in [-0.25, -0.2) is 4.98 Å². The van der Waals surface area contributed by atoms with Crippen molar-refractivity contribution in [3.8, 4) is 10.4 Å². The molecule has 0 aliphatic heterocycles. The summed E-state index contributed by atoms with van der Waals surface area (Å²) in [6.45, 7) is 0.342. The van der Waals surface area contributed by atoms with Crippen LogP contribution in [0.15, 0.2) is 61.2 Å². The van der Waals surface area contributed by atoms with Crippen molar-refractivity contribution in [3.05, 3.63) is 78.0 Å². The molecule has 0 spiro atoms. The summed E-state index contributed by atoms with van der Waals surface area (Å²) in [7, 11) is 0. The molecule has 0 radical (unpaired) electrons. The molecule has 9 heteroatoms. The first-order valence-electron chi connectivity index (χ1n) is 8.23. The number of hydrogen-bond donors (Lipinski definition) is 1. The fourth-order valence-corrected chi connectivity index (χ4v) is 3.61. The molecule has 1 aromatic carbocycles. The Morgan fingerprint density at radius 3 is 2.57 bits per heavy atom. The molecule has 5 nitrogen and oxygen atoms in total. The second-order valence-electron chi connectivity index (χ2n) is 6.03. The van der Waals surface area contributed by atoms with Gasteiger partial charge in [-0.05, 0) is 29.3 Å². The van der Waals surface area contributed by atoms with Gasteiger partial charge in [0.05, 0.1) is 10.4 Å². The van der Waals surface area contributed by atoms with Gasteiger partial charge in [-0.3, -0.25) is 14.2 Å². The Balaban J connectivity index is 1.49. The maximum absolute atomic E-state index is 12.7. The van der Waals surface area contributed by atoms with E-state index in [0.29, 0.717) is 17.1 Å². The molecular formula is C19H13F3N4OS. The van der Waals surface area contributed by atoms with Crippen LogP contribution in [0.3, 0.4) is 0 Å². The van der Waals surface area contributed by atoms with E-state index in [9.17, 15) is 18.0 Å². The number of benzene rings is 1. The van der Waals surface area contributed by atoms with Gasteiger partial charge in [0.15, 0.2) is 4.96 Å². The highest BCUT2D eigenvalue weighted by Crippen LogP contribution is 2.33. The molecule has 3 heterocycles. The van der Waals surface area contributed by atoms with Gasteiger partial charge in [0.2, 0.25) is 0 Å². The molecule has 0 saturated carbocycles. The van der Waals surface area contributed by atoms with E-state index in [1.807, 2.05) is 6.07 Å². The van der Waals surface area contributed by atoms with E-state index in [1.54, 1.807) is 35.3 Å². The third kappa shape index (κ3) is 3.74. The largest absolute Gasteiger partial charge is 0.416 e. The van der Waals surface area contributed by atoms with Crippen molar-refractivity contribution in [2.24, 2.45) is 0 Å². The zero-order valence-electron chi connectivity index (χ0n) is 14.3. The minimum Gasteiger partial charge on any atom is -0.347 e. The second kappa shape index (κ2) is 7.08. The molecule has 0 atom stereocenters. The fraction of sp³-hybridized carbons (Fsp3) is 0.105. The number of aromatic nitrogens is 3. The number of hydrogen-bond acceptors (Lipinski definition) is 4. The van der Waals surface area contributed by atoms with Crippen molar-refractivity contribution >= 4 is 22.2 Å². The van der Waals surface area contributed by atoms with Crippen LogP contribution in [0.2, 0.25) is 0 Å². The van der Waals surface area contributed by atoms with Crippen molar-refractivity contribution in [1.29, 1.82) is 0 Å². The predicted molar refractivity (Wildman–Crippen MR) is 98.9 cm³/mol. The standard InChI is InChI=1S/C19H13F3N4OS/c20-19(21,22)14-5-3-13(4-6-14)16-11-26-10-15(25-18(26)28-16)17(27)24-9-12-2-1-7-23-8-12/h1-8,10-11H,9H2,(H,24,27). The number of rotatable bonds is 4. The minimum atomic E-state index is -4.36. The summed E-state index contributed by atoms with van der Waals surface area (Å²) in [6, 6.07) is 8.60. The van der Waals surface area contributed by atoms with Crippen LogP contribution in [0.4, 0.5) is 13.2 Å². The third-order valence-electron chi connectivity index (χ3n) is 4.06. The average Bonchev–Trinajstić information content (AvgIpc) is 3.26. The van der Waals surface area contributed by atoms with E-state index in [1.165, 1.54) is 23.5 Å². The van der Waals surface area contributed by atoms with Crippen LogP contribution < -0.4 is 5.32 Å². The SMILES string of the molecule is O=C(NCc1cccnc1)c1cn2cc(-c3ccc(C(F)(F)F)cc3)sc2n1. The summed E-state index contributed by atoms with van der Waals surface area (Å²) in [5, 5.41) is 2.78. The lowest BCUT2D eigenvalue weighted by Gasteiger charge is -2.06. The molecule has 4 rings (SSSR count). The molecule has 0 saturated heterocycles. The van der Waals surface area contributed by atoms with Crippen LogP contribution in [-0.4, -0.2) is 20.3 Å². The van der Waals surface area contributed by atoms with E-state index >= 15 is 0 Å². The Morgan fingerprint density at radius 1 is 1.14 bits per heavy atom. The summed E-state index contributed by atoms with van der Waals surface area (Å²) < 4.78 is 39.7. The molecule has 0 aliphatic rings. The van der Waals surface area contributed by atoms with E-state index in [2.05, 4.69) is 15.3 Å². The van der Waals surface area contributed by atoms with Crippen molar-refractivity contribution in [2.45, 2.75) is 12.7 Å². The lowest BCUT2D eigenvalue weighted by molar-refractivity contribution is -0.137.